The molecule has 0 saturated carbocycles. The molecule has 31 heavy (non-hydrogen) atoms. The first-order valence-corrected chi connectivity index (χ1v) is 10.1. The predicted molar refractivity (Wildman–Crippen MR) is 120 cm³/mol. The zero-order chi connectivity index (χ0) is 23.3. The summed E-state index contributed by atoms with van der Waals surface area (Å²) in [7, 11) is 1.47. The van der Waals surface area contributed by atoms with Crippen LogP contribution in [0.15, 0.2) is 36.7 Å². The maximum absolute atomic E-state index is 14.4. The van der Waals surface area contributed by atoms with Crippen LogP contribution >= 0.6 is 11.6 Å². The van der Waals surface area contributed by atoms with E-state index < -0.39 is 11.9 Å². The molecular formula is C22H25ClFN5O2. The van der Waals surface area contributed by atoms with Gasteiger partial charge >= 0.3 is 0 Å². The number of carbonyl (C=O) groups is 1. The molecular weight excluding hydrogens is 421 g/mol. The molecule has 1 heterocycles. The number of halogens is 2. The monoisotopic (exact) mass is 446 g/mol. The van der Waals surface area contributed by atoms with Gasteiger partial charge in [-0.2, -0.15) is 0 Å². The van der Waals surface area contributed by atoms with Gasteiger partial charge in [0.1, 0.15) is 17.9 Å². The van der Waals surface area contributed by atoms with E-state index in [2.05, 4.69) is 20.6 Å². The highest BCUT2D eigenvalue weighted by Gasteiger charge is 2.20. The third kappa shape index (κ3) is 5.03. The van der Waals surface area contributed by atoms with E-state index in [-0.39, 0.29) is 23.6 Å². The number of nitrogens with zero attached hydrogens (tertiary/aromatic N) is 3. The Morgan fingerprint density at radius 2 is 2.19 bits per heavy atom. The normalized spacial score (nSPS) is 12.5. The number of benzene rings is 2. The van der Waals surface area contributed by atoms with Gasteiger partial charge in [-0.25, -0.2) is 14.4 Å². The van der Waals surface area contributed by atoms with Crippen molar-refractivity contribution in [3.63, 3.8) is 0 Å². The maximum Gasteiger partial charge on any atom is 0.237 e. The van der Waals surface area contributed by atoms with Crippen molar-refractivity contribution in [2.75, 3.05) is 26.0 Å². The Morgan fingerprint density at radius 3 is 2.90 bits per heavy atom. The second-order valence-electron chi connectivity index (χ2n) is 6.95. The lowest BCUT2D eigenvalue weighted by molar-refractivity contribution is -0.125. The van der Waals surface area contributed by atoms with Crippen LogP contribution in [0.25, 0.3) is 10.9 Å². The first kappa shape index (κ1) is 21.3. The SMILES string of the molecule is [2H]CN(Cc1cc2c(Nc3cccc(Cl)c3F)ncnc2cc1OC)[C@@H](C)C(=O)NCC. The van der Waals surface area contributed by atoms with Crippen molar-refractivity contribution in [1.82, 2.24) is 20.2 Å². The molecule has 164 valence electrons. The second-order valence-corrected chi connectivity index (χ2v) is 7.35. The van der Waals surface area contributed by atoms with Gasteiger partial charge in [0, 0.05) is 31.5 Å². The highest BCUT2D eigenvalue weighted by molar-refractivity contribution is 6.31. The number of likely N-dealkylation sites (N-methyl/N-ethyl adjacent to an activating group) is 2. The molecule has 3 rings (SSSR count). The third-order valence-corrected chi connectivity index (χ3v) is 5.19. The van der Waals surface area contributed by atoms with Gasteiger partial charge in [0.25, 0.3) is 0 Å². The van der Waals surface area contributed by atoms with Crippen LogP contribution in [-0.2, 0) is 11.3 Å². The summed E-state index contributed by atoms with van der Waals surface area (Å²) in [5.74, 6) is 0.235. The van der Waals surface area contributed by atoms with Crippen LogP contribution in [0, 0.1) is 5.82 Å². The molecule has 0 fully saturated rings. The summed E-state index contributed by atoms with van der Waals surface area (Å²) in [6, 6.07) is 7.75. The van der Waals surface area contributed by atoms with Crippen molar-refractivity contribution in [2.45, 2.75) is 26.4 Å². The average Bonchev–Trinajstić information content (AvgIpc) is 2.79. The number of hydrogen-bond donors (Lipinski definition) is 2. The molecule has 1 atom stereocenters. The average molecular weight is 447 g/mol. The second kappa shape index (κ2) is 9.89. The van der Waals surface area contributed by atoms with Crippen LogP contribution in [0.4, 0.5) is 15.9 Å². The number of methoxy groups -OCH3 is 1. The molecule has 2 N–H and O–H groups in total. The molecule has 0 aliphatic carbocycles. The summed E-state index contributed by atoms with van der Waals surface area (Å²) in [6.07, 6.45) is 1.37. The summed E-state index contributed by atoms with van der Waals surface area (Å²) in [4.78, 5) is 22.5. The Kier molecular flexibility index (Phi) is 6.79. The topological polar surface area (TPSA) is 79.4 Å². The van der Waals surface area contributed by atoms with Gasteiger partial charge in [0.15, 0.2) is 5.82 Å². The Balaban J connectivity index is 2.00. The van der Waals surface area contributed by atoms with Crippen LogP contribution in [0.3, 0.4) is 0 Å². The fourth-order valence-corrected chi connectivity index (χ4v) is 3.29. The van der Waals surface area contributed by atoms with Crippen LogP contribution in [0.2, 0.25) is 5.02 Å². The first-order valence-electron chi connectivity index (χ1n) is 10.4. The van der Waals surface area contributed by atoms with E-state index in [1.165, 1.54) is 12.4 Å². The van der Waals surface area contributed by atoms with Crippen molar-refractivity contribution in [3.05, 3.63) is 53.1 Å². The maximum atomic E-state index is 14.4. The van der Waals surface area contributed by atoms with Crippen molar-refractivity contribution < 1.29 is 15.3 Å². The van der Waals surface area contributed by atoms with E-state index in [9.17, 15) is 9.18 Å². The van der Waals surface area contributed by atoms with E-state index >= 15 is 0 Å². The van der Waals surface area contributed by atoms with E-state index in [1.54, 1.807) is 37.1 Å². The molecule has 3 aromatic rings. The summed E-state index contributed by atoms with van der Waals surface area (Å²) in [6.45, 7) is 4.41. The number of carbonyl (C=O) groups excluding carboxylic acids is 1. The molecule has 0 bridgehead atoms. The number of anilines is 2. The van der Waals surface area contributed by atoms with Gasteiger partial charge in [-0.15, -0.1) is 0 Å². The summed E-state index contributed by atoms with van der Waals surface area (Å²) < 4.78 is 27.8. The van der Waals surface area contributed by atoms with E-state index in [1.807, 2.05) is 13.0 Å². The van der Waals surface area contributed by atoms with E-state index in [0.29, 0.717) is 35.6 Å². The first-order chi connectivity index (χ1) is 15.4. The zero-order valence-corrected chi connectivity index (χ0v) is 18.3. The highest BCUT2D eigenvalue weighted by Crippen LogP contribution is 2.32. The molecule has 0 radical (unpaired) electrons. The van der Waals surface area contributed by atoms with Crippen molar-refractivity contribution in [2.24, 2.45) is 0 Å². The summed E-state index contributed by atoms with van der Waals surface area (Å²) >= 11 is 5.89. The van der Waals surface area contributed by atoms with Crippen molar-refractivity contribution >= 4 is 39.9 Å². The van der Waals surface area contributed by atoms with Gasteiger partial charge in [0.2, 0.25) is 5.91 Å². The molecule has 0 spiro atoms. The van der Waals surface area contributed by atoms with E-state index in [4.69, 9.17) is 17.7 Å². The molecule has 7 nitrogen and oxygen atoms in total. The Labute approximate surface area is 187 Å². The van der Waals surface area contributed by atoms with Crippen LogP contribution in [0.5, 0.6) is 5.75 Å². The number of fused-ring (bicyclic) bond motifs is 1. The minimum Gasteiger partial charge on any atom is -0.496 e. The molecule has 0 saturated heterocycles. The van der Waals surface area contributed by atoms with Gasteiger partial charge < -0.3 is 15.4 Å². The number of amides is 1. The predicted octanol–water partition coefficient (Wildman–Crippen LogP) is 4.13. The molecule has 2 aromatic carbocycles. The molecule has 1 amide bonds. The van der Waals surface area contributed by atoms with Crippen LogP contribution < -0.4 is 15.4 Å². The third-order valence-electron chi connectivity index (χ3n) is 4.89. The lowest BCUT2D eigenvalue weighted by Gasteiger charge is -2.24. The van der Waals surface area contributed by atoms with Gasteiger partial charge in [0.05, 0.1) is 29.4 Å². The molecule has 0 aliphatic rings. The van der Waals surface area contributed by atoms with Crippen molar-refractivity contribution in [3.8, 4) is 5.75 Å². The van der Waals surface area contributed by atoms with Crippen LogP contribution in [0.1, 0.15) is 20.8 Å². The number of hydrogen-bond acceptors (Lipinski definition) is 6. The van der Waals surface area contributed by atoms with Crippen LogP contribution in [-0.4, -0.2) is 47.5 Å². The molecule has 9 heteroatoms. The highest BCUT2D eigenvalue weighted by atomic mass is 35.5. The quantitative estimate of drug-likeness (QED) is 0.541. The van der Waals surface area contributed by atoms with Gasteiger partial charge in [-0.1, -0.05) is 17.7 Å². The smallest absolute Gasteiger partial charge is 0.237 e. The number of rotatable bonds is 8. The van der Waals surface area contributed by atoms with Gasteiger partial charge in [-0.05, 0) is 39.1 Å². The minimum atomic E-state index is -0.578. The number of nitrogens with one attached hydrogen (secondary N) is 2. The standard InChI is InChI=1S/C22H25ClFN5O2/c1-5-25-22(30)13(2)29(3)11-14-9-15-18(10-19(14)31-4)26-12-27-21(15)28-17-8-6-7-16(23)20(17)24/h6-10,12-13H,5,11H2,1-4H3,(H,25,30)(H,26,27,28)/t13-/m0/s1/i3D. The fraction of sp³-hybridized carbons (Fsp3) is 0.318. The minimum absolute atomic E-state index is 0.00107. The number of aromatic nitrogens is 2. The fourth-order valence-electron chi connectivity index (χ4n) is 3.11. The Bertz CT molecular complexity index is 1120. The van der Waals surface area contributed by atoms with Gasteiger partial charge in [-0.3, -0.25) is 9.69 Å². The summed E-state index contributed by atoms with van der Waals surface area (Å²) in [5, 5.41) is 6.40. The molecule has 1 aromatic heterocycles. The molecule has 0 unspecified atom stereocenters. The Hall–Kier alpha value is -2.97. The number of ether oxygens (including phenoxy) is 1. The largest absolute Gasteiger partial charge is 0.496 e. The zero-order valence-electron chi connectivity index (χ0n) is 18.6. The lowest BCUT2D eigenvalue weighted by Crippen LogP contribution is -2.42. The lowest BCUT2D eigenvalue weighted by atomic mass is 10.1. The molecule has 0 aliphatic heterocycles. The van der Waals surface area contributed by atoms with Crippen molar-refractivity contribution in [1.29, 1.82) is 0 Å². The summed E-state index contributed by atoms with van der Waals surface area (Å²) in [5.41, 5.74) is 1.53. The Morgan fingerprint density at radius 1 is 1.39 bits per heavy atom. The van der Waals surface area contributed by atoms with E-state index in [0.717, 1.165) is 5.56 Å².